The summed E-state index contributed by atoms with van der Waals surface area (Å²) in [6.45, 7) is 3.45. The molecule has 0 atom stereocenters. The van der Waals surface area contributed by atoms with Gasteiger partial charge in [0.2, 0.25) is 10.0 Å². The fourth-order valence-electron chi connectivity index (χ4n) is 3.79. The van der Waals surface area contributed by atoms with Gasteiger partial charge in [0.15, 0.2) is 5.13 Å². The predicted molar refractivity (Wildman–Crippen MR) is 148 cm³/mol. The molecule has 0 aliphatic rings. The Morgan fingerprint density at radius 1 is 0.946 bits per heavy atom. The van der Waals surface area contributed by atoms with Crippen LogP contribution in [0, 0.1) is 6.92 Å². The van der Waals surface area contributed by atoms with Gasteiger partial charge in [-0.3, -0.25) is 4.79 Å². The van der Waals surface area contributed by atoms with Crippen LogP contribution in [0.5, 0.6) is 0 Å². The molecule has 1 amide bonds. The van der Waals surface area contributed by atoms with Crippen molar-refractivity contribution in [3.8, 4) is 0 Å². The summed E-state index contributed by atoms with van der Waals surface area (Å²) in [4.78, 5) is 19.8. The predicted octanol–water partition coefficient (Wildman–Crippen LogP) is 5.24. The maximum atomic E-state index is 12.5. The van der Waals surface area contributed by atoms with E-state index < -0.39 is 15.9 Å². The number of thiazole rings is 1. The van der Waals surface area contributed by atoms with Gasteiger partial charge in [-0.15, -0.1) is 11.3 Å². The average Bonchev–Trinajstić information content (AvgIpc) is 3.27. The van der Waals surface area contributed by atoms with Crippen molar-refractivity contribution in [3.63, 3.8) is 0 Å². The quantitative estimate of drug-likeness (QED) is 0.264. The summed E-state index contributed by atoms with van der Waals surface area (Å²) in [5, 5.41) is 0.609. The number of carbonyl (C=O) groups excluding carboxylic acids is 1. The van der Waals surface area contributed by atoms with Gasteiger partial charge in [-0.05, 0) is 42.2 Å². The summed E-state index contributed by atoms with van der Waals surface area (Å²) in [6, 6.07) is 28.2. The lowest BCUT2D eigenvalue weighted by Crippen LogP contribution is -2.30. The molecule has 1 N–H and O–H groups in total. The molecule has 0 fully saturated rings. The Balaban J connectivity index is 1.55. The number of aromatic nitrogens is 1. The van der Waals surface area contributed by atoms with Crippen LogP contribution in [-0.2, 0) is 34.3 Å². The Kier molecular flexibility index (Phi) is 8.70. The average molecular weight is 536 g/mol. The Morgan fingerprint density at radius 2 is 1.59 bits per heavy atom. The number of anilines is 2. The number of sulfonamides is 1. The second-order valence-corrected chi connectivity index (χ2v) is 11.6. The van der Waals surface area contributed by atoms with Crippen LogP contribution in [-0.4, -0.2) is 32.2 Å². The smallest absolute Gasteiger partial charge is 0.284 e. The SMILES string of the molecule is Cc1sc(N(Cc2ccccc2)c2cccc(CCOCc3ccccc3)c2)nc1C(=O)NS(C)(=O)=O. The lowest BCUT2D eigenvalue weighted by molar-refractivity contribution is 0.0977. The van der Waals surface area contributed by atoms with E-state index in [2.05, 4.69) is 17.1 Å². The summed E-state index contributed by atoms with van der Waals surface area (Å²) < 4.78 is 31.0. The van der Waals surface area contributed by atoms with Crippen LogP contribution in [0.2, 0.25) is 0 Å². The number of rotatable bonds is 11. The van der Waals surface area contributed by atoms with Crippen molar-refractivity contribution in [2.75, 3.05) is 17.8 Å². The zero-order chi connectivity index (χ0) is 26.3. The van der Waals surface area contributed by atoms with Crippen LogP contribution in [0.15, 0.2) is 84.9 Å². The first-order valence-corrected chi connectivity index (χ1v) is 14.5. The largest absolute Gasteiger partial charge is 0.376 e. The van der Waals surface area contributed by atoms with E-state index in [-0.39, 0.29) is 5.69 Å². The van der Waals surface area contributed by atoms with Gasteiger partial charge in [0.25, 0.3) is 5.91 Å². The Bertz CT molecular complexity index is 1440. The molecule has 0 bridgehead atoms. The molecule has 0 saturated carbocycles. The fourth-order valence-corrected chi connectivity index (χ4v) is 5.15. The number of nitrogens with zero attached hydrogens (tertiary/aromatic N) is 2. The monoisotopic (exact) mass is 535 g/mol. The minimum Gasteiger partial charge on any atom is -0.376 e. The molecule has 37 heavy (non-hydrogen) atoms. The summed E-state index contributed by atoms with van der Waals surface area (Å²) in [6.07, 6.45) is 1.70. The van der Waals surface area contributed by atoms with Crippen molar-refractivity contribution < 1.29 is 17.9 Å². The van der Waals surface area contributed by atoms with Crippen molar-refractivity contribution in [2.45, 2.75) is 26.5 Å². The van der Waals surface area contributed by atoms with Crippen LogP contribution < -0.4 is 9.62 Å². The number of hydrogen-bond acceptors (Lipinski definition) is 7. The van der Waals surface area contributed by atoms with E-state index in [4.69, 9.17) is 4.74 Å². The molecule has 1 heterocycles. The van der Waals surface area contributed by atoms with Crippen molar-refractivity contribution in [1.82, 2.24) is 9.71 Å². The number of benzene rings is 3. The highest BCUT2D eigenvalue weighted by molar-refractivity contribution is 7.89. The van der Waals surface area contributed by atoms with E-state index in [0.29, 0.717) is 29.8 Å². The number of nitrogens with one attached hydrogen (secondary N) is 1. The second kappa shape index (κ2) is 12.1. The first-order valence-electron chi connectivity index (χ1n) is 11.8. The third-order valence-electron chi connectivity index (χ3n) is 5.56. The van der Waals surface area contributed by atoms with E-state index in [1.165, 1.54) is 11.3 Å². The van der Waals surface area contributed by atoms with Gasteiger partial charge in [-0.2, -0.15) is 0 Å². The van der Waals surface area contributed by atoms with Crippen molar-refractivity contribution in [1.29, 1.82) is 0 Å². The Labute approximate surface area is 221 Å². The first-order chi connectivity index (χ1) is 17.8. The number of aryl methyl sites for hydroxylation is 1. The maximum absolute atomic E-state index is 12.5. The molecule has 192 valence electrons. The molecule has 0 aliphatic carbocycles. The van der Waals surface area contributed by atoms with Crippen molar-refractivity contribution in [3.05, 3.63) is 112 Å². The molecule has 0 spiro atoms. The zero-order valence-corrected chi connectivity index (χ0v) is 22.4. The molecule has 3 aromatic carbocycles. The van der Waals surface area contributed by atoms with Crippen LogP contribution in [0.3, 0.4) is 0 Å². The normalized spacial score (nSPS) is 11.3. The van der Waals surface area contributed by atoms with Gasteiger partial charge in [-0.1, -0.05) is 72.8 Å². The van der Waals surface area contributed by atoms with Crippen LogP contribution in [0.4, 0.5) is 10.8 Å². The third-order valence-corrected chi connectivity index (χ3v) is 7.11. The van der Waals surface area contributed by atoms with Gasteiger partial charge in [0.05, 0.1) is 26.0 Å². The summed E-state index contributed by atoms with van der Waals surface area (Å²) in [5.41, 5.74) is 4.36. The van der Waals surface area contributed by atoms with Gasteiger partial charge >= 0.3 is 0 Å². The van der Waals surface area contributed by atoms with Crippen LogP contribution >= 0.6 is 11.3 Å². The van der Waals surface area contributed by atoms with Gasteiger partial charge < -0.3 is 9.64 Å². The maximum Gasteiger partial charge on any atom is 0.284 e. The van der Waals surface area contributed by atoms with Crippen LogP contribution in [0.1, 0.15) is 32.1 Å². The number of amides is 1. The summed E-state index contributed by atoms with van der Waals surface area (Å²) in [5.74, 6) is -0.730. The van der Waals surface area contributed by atoms with Crippen LogP contribution in [0.25, 0.3) is 0 Å². The Morgan fingerprint density at radius 3 is 2.27 bits per heavy atom. The molecular formula is C28H29N3O4S2. The fraction of sp³-hybridized carbons (Fsp3) is 0.214. The lowest BCUT2D eigenvalue weighted by Gasteiger charge is -2.23. The zero-order valence-electron chi connectivity index (χ0n) is 20.8. The van der Waals surface area contributed by atoms with E-state index in [1.807, 2.05) is 82.4 Å². The van der Waals surface area contributed by atoms with E-state index >= 15 is 0 Å². The van der Waals surface area contributed by atoms with Gasteiger partial charge in [0.1, 0.15) is 5.69 Å². The standard InChI is InChI=1S/C28H29N3O4S2/c1-21-26(27(32)30-37(2,33)34)29-28(36-21)31(19-23-10-5-3-6-11-23)25-15-9-14-22(18-25)16-17-35-20-24-12-7-4-8-13-24/h3-15,18H,16-17,19-20H2,1-2H3,(H,30,32). The minimum atomic E-state index is -3.69. The molecule has 0 radical (unpaired) electrons. The first kappa shape index (κ1) is 26.5. The number of carbonyl (C=O) groups is 1. The minimum absolute atomic E-state index is 0.106. The molecule has 1 aromatic heterocycles. The Hall–Kier alpha value is -3.53. The third kappa shape index (κ3) is 7.72. The topological polar surface area (TPSA) is 88.6 Å². The molecular weight excluding hydrogens is 506 g/mol. The lowest BCUT2D eigenvalue weighted by atomic mass is 10.1. The van der Waals surface area contributed by atoms with Crippen molar-refractivity contribution >= 4 is 38.1 Å². The molecule has 4 rings (SSSR count). The highest BCUT2D eigenvalue weighted by Gasteiger charge is 2.22. The van der Waals surface area contributed by atoms with Gasteiger partial charge in [0, 0.05) is 10.6 Å². The van der Waals surface area contributed by atoms with Gasteiger partial charge in [-0.25, -0.2) is 18.1 Å². The molecule has 7 nitrogen and oxygen atoms in total. The molecule has 0 unspecified atom stereocenters. The number of ether oxygens (including phenoxy) is 1. The number of hydrogen-bond donors (Lipinski definition) is 1. The van der Waals surface area contributed by atoms with E-state index in [9.17, 15) is 13.2 Å². The molecule has 4 aromatic rings. The highest BCUT2D eigenvalue weighted by Crippen LogP contribution is 2.33. The second-order valence-electron chi connectivity index (χ2n) is 8.63. The molecule has 0 aliphatic heterocycles. The van der Waals surface area contributed by atoms with E-state index in [0.717, 1.165) is 35.1 Å². The van der Waals surface area contributed by atoms with E-state index in [1.54, 1.807) is 6.92 Å². The molecule has 9 heteroatoms. The van der Waals surface area contributed by atoms with Crippen molar-refractivity contribution in [2.24, 2.45) is 0 Å². The highest BCUT2D eigenvalue weighted by atomic mass is 32.2. The molecule has 0 saturated heterocycles. The summed E-state index contributed by atoms with van der Waals surface area (Å²) >= 11 is 1.35. The summed E-state index contributed by atoms with van der Waals surface area (Å²) in [7, 11) is -3.69.